The molecule has 1 rings (SSSR count). The maximum Gasteiger partial charge on any atom is 0.287 e. The Kier molecular flexibility index (Phi) is 4.86. The van der Waals surface area contributed by atoms with Crippen molar-refractivity contribution in [3.8, 4) is 0 Å². The first-order valence-electron chi connectivity index (χ1n) is 5.24. The van der Waals surface area contributed by atoms with E-state index in [-0.39, 0.29) is 11.6 Å². The summed E-state index contributed by atoms with van der Waals surface area (Å²) in [7, 11) is 0. The van der Waals surface area contributed by atoms with Crippen LogP contribution in [0.1, 0.15) is 13.3 Å². The number of carbonyl (C=O) groups excluding carboxylic acids is 1. The molecule has 0 aliphatic heterocycles. The van der Waals surface area contributed by atoms with Crippen LogP contribution in [0.3, 0.4) is 0 Å². The Bertz CT molecular complexity index is 391. The van der Waals surface area contributed by atoms with E-state index in [9.17, 15) is 14.9 Å². The quantitative estimate of drug-likeness (QED) is 0.567. The minimum Gasteiger partial charge on any atom is -0.370 e. The van der Waals surface area contributed by atoms with Gasteiger partial charge in [0.15, 0.2) is 0 Å². The number of rotatable bonds is 6. The van der Waals surface area contributed by atoms with Crippen LogP contribution in [0.15, 0.2) is 18.3 Å². The van der Waals surface area contributed by atoms with Crippen molar-refractivity contribution in [2.24, 2.45) is 0 Å². The first-order valence-corrected chi connectivity index (χ1v) is 5.24. The van der Waals surface area contributed by atoms with Gasteiger partial charge in [-0.2, -0.15) is 0 Å². The van der Waals surface area contributed by atoms with Crippen molar-refractivity contribution in [3.05, 3.63) is 28.4 Å². The molecular weight excluding hydrogens is 224 g/mol. The minimum atomic E-state index is -0.508. The number of amides is 1. The molecule has 1 aromatic rings. The number of nitro groups is 1. The van der Waals surface area contributed by atoms with E-state index in [4.69, 9.17) is 0 Å². The number of pyridine rings is 1. The first-order chi connectivity index (χ1) is 8.13. The molecule has 17 heavy (non-hydrogen) atoms. The molecule has 7 heteroatoms. The average molecular weight is 238 g/mol. The molecule has 7 nitrogen and oxygen atoms in total. The smallest absolute Gasteiger partial charge is 0.287 e. The fourth-order valence-corrected chi connectivity index (χ4v) is 1.19. The van der Waals surface area contributed by atoms with Gasteiger partial charge < -0.3 is 10.6 Å². The van der Waals surface area contributed by atoms with Gasteiger partial charge in [-0.15, -0.1) is 0 Å². The molecule has 1 heterocycles. The zero-order valence-corrected chi connectivity index (χ0v) is 9.47. The van der Waals surface area contributed by atoms with Crippen LogP contribution in [-0.4, -0.2) is 28.9 Å². The second-order valence-corrected chi connectivity index (χ2v) is 3.29. The standard InChI is InChI=1S/C10H14N4O3/c1-2-11-10(15)5-6-12-9-4-3-8(7-13-9)14(16)17/h3-4,7H,2,5-6H2,1H3,(H,11,15)(H,12,13). The summed E-state index contributed by atoms with van der Waals surface area (Å²) in [6.07, 6.45) is 1.51. The highest BCUT2D eigenvalue weighted by atomic mass is 16.6. The summed E-state index contributed by atoms with van der Waals surface area (Å²) >= 11 is 0. The van der Waals surface area contributed by atoms with Crippen molar-refractivity contribution in [2.75, 3.05) is 18.4 Å². The van der Waals surface area contributed by atoms with E-state index in [0.717, 1.165) is 0 Å². The lowest BCUT2D eigenvalue weighted by atomic mass is 10.3. The van der Waals surface area contributed by atoms with Crippen molar-refractivity contribution in [3.63, 3.8) is 0 Å². The normalized spacial score (nSPS) is 9.71. The SMILES string of the molecule is CCNC(=O)CCNc1ccc([N+](=O)[O-])cn1. The lowest BCUT2D eigenvalue weighted by molar-refractivity contribution is -0.385. The molecule has 92 valence electrons. The van der Waals surface area contributed by atoms with Crippen molar-refractivity contribution < 1.29 is 9.72 Å². The van der Waals surface area contributed by atoms with E-state index in [1.807, 2.05) is 6.92 Å². The number of aromatic nitrogens is 1. The largest absolute Gasteiger partial charge is 0.370 e. The highest BCUT2D eigenvalue weighted by Gasteiger charge is 2.05. The molecule has 0 spiro atoms. The van der Waals surface area contributed by atoms with Gasteiger partial charge in [0.05, 0.1) is 4.92 Å². The zero-order chi connectivity index (χ0) is 12.7. The third kappa shape index (κ3) is 4.45. The third-order valence-electron chi connectivity index (χ3n) is 1.99. The molecule has 0 saturated carbocycles. The van der Waals surface area contributed by atoms with E-state index in [1.165, 1.54) is 18.3 Å². The van der Waals surface area contributed by atoms with Gasteiger partial charge in [-0.05, 0) is 13.0 Å². The molecule has 1 amide bonds. The fourth-order valence-electron chi connectivity index (χ4n) is 1.19. The van der Waals surface area contributed by atoms with Gasteiger partial charge >= 0.3 is 0 Å². The lowest BCUT2D eigenvalue weighted by Crippen LogP contribution is -2.24. The topological polar surface area (TPSA) is 97.2 Å². The van der Waals surface area contributed by atoms with E-state index in [2.05, 4.69) is 15.6 Å². The molecule has 0 atom stereocenters. The Labute approximate surface area is 98.4 Å². The van der Waals surface area contributed by atoms with Gasteiger partial charge in [0.1, 0.15) is 12.0 Å². The maximum atomic E-state index is 11.1. The van der Waals surface area contributed by atoms with Crippen LogP contribution >= 0.6 is 0 Å². The molecular formula is C10H14N4O3. The van der Waals surface area contributed by atoms with Gasteiger partial charge in [0.2, 0.25) is 5.91 Å². The predicted octanol–water partition coefficient (Wildman–Crippen LogP) is 0.928. The number of carbonyl (C=O) groups is 1. The van der Waals surface area contributed by atoms with Crippen molar-refractivity contribution in [1.29, 1.82) is 0 Å². The number of anilines is 1. The molecule has 0 unspecified atom stereocenters. The molecule has 0 aliphatic carbocycles. The number of nitrogens with zero attached hydrogens (tertiary/aromatic N) is 2. The zero-order valence-electron chi connectivity index (χ0n) is 9.47. The molecule has 0 aliphatic rings. The maximum absolute atomic E-state index is 11.1. The minimum absolute atomic E-state index is 0.0399. The first kappa shape index (κ1) is 12.9. The van der Waals surface area contributed by atoms with Crippen LogP contribution in [0.25, 0.3) is 0 Å². The van der Waals surface area contributed by atoms with E-state index in [0.29, 0.717) is 25.3 Å². The van der Waals surface area contributed by atoms with Crippen LogP contribution in [0.2, 0.25) is 0 Å². The van der Waals surface area contributed by atoms with Gasteiger partial charge in [0, 0.05) is 25.6 Å². The second-order valence-electron chi connectivity index (χ2n) is 3.29. The number of nitrogens with one attached hydrogen (secondary N) is 2. The lowest BCUT2D eigenvalue weighted by Gasteiger charge is -2.04. The van der Waals surface area contributed by atoms with Crippen LogP contribution in [-0.2, 0) is 4.79 Å². The molecule has 0 radical (unpaired) electrons. The Balaban J connectivity index is 2.37. The third-order valence-corrected chi connectivity index (χ3v) is 1.99. The van der Waals surface area contributed by atoms with Crippen LogP contribution in [0.4, 0.5) is 11.5 Å². The average Bonchev–Trinajstić information content (AvgIpc) is 2.30. The summed E-state index contributed by atoms with van der Waals surface area (Å²) in [5, 5.41) is 16.0. The van der Waals surface area contributed by atoms with E-state index in [1.54, 1.807) is 0 Å². The van der Waals surface area contributed by atoms with Gasteiger partial charge in [0.25, 0.3) is 5.69 Å². The van der Waals surface area contributed by atoms with Crippen LogP contribution in [0, 0.1) is 10.1 Å². The van der Waals surface area contributed by atoms with Gasteiger partial charge in [-0.25, -0.2) is 4.98 Å². The molecule has 0 bridgehead atoms. The summed E-state index contributed by atoms with van der Waals surface area (Å²) in [5.41, 5.74) is -0.0562. The van der Waals surface area contributed by atoms with Crippen molar-refractivity contribution in [2.45, 2.75) is 13.3 Å². The molecule has 0 fully saturated rings. The molecule has 0 aromatic carbocycles. The second kappa shape index (κ2) is 6.41. The molecule has 0 saturated heterocycles. The van der Waals surface area contributed by atoms with E-state index >= 15 is 0 Å². The number of hydrogen-bond acceptors (Lipinski definition) is 5. The number of hydrogen-bond donors (Lipinski definition) is 2. The Morgan fingerprint density at radius 2 is 2.29 bits per heavy atom. The monoisotopic (exact) mass is 238 g/mol. The summed E-state index contributed by atoms with van der Waals surface area (Å²) in [4.78, 5) is 24.8. The van der Waals surface area contributed by atoms with Gasteiger partial charge in [-0.1, -0.05) is 0 Å². The van der Waals surface area contributed by atoms with Crippen LogP contribution < -0.4 is 10.6 Å². The summed E-state index contributed by atoms with van der Waals surface area (Å²) in [6, 6.07) is 2.87. The summed E-state index contributed by atoms with van der Waals surface area (Å²) in [5.74, 6) is 0.474. The molecule has 2 N–H and O–H groups in total. The molecule has 1 aromatic heterocycles. The van der Waals surface area contributed by atoms with Crippen molar-refractivity contribution >= 4 is 17.4 Å². The fraction of sp³-hybridized carbons (Fsp3) is 0.400. The summed E-state index contributed by atoms with van der Waals surface area (Å²) in [6.45, 7) is 2.90. The highest BCUT2D eigenvalue weighted by Crippen LogP contribution is 2.11. The van der Waals surface area contributed by atoms with Crippen molar-refractivity contribution in [1.82, 2.24) is 10.3 Å². The Morgan fingerprint density at radius 3 is 2.82 bits per heavy atom. The van der Waals surface area contributed by atoms with Gasteiger partial charge in [-0.3, -0.25) is 14.9 Å². The van der Waals surface area contributed by atoms with E-state index < -0.39 is 4.92 Å². The predicted molar refractivity (Wildman–Crippen MR) is 62.7 cm³/mol. The Morgan fingerprint density at radius 1 is 1.53 bits per heavy atom. The summed E-state index contributed by atoms with van der Waals surface area (Å²) < 4.78 is 0. The highest BCUT2D eigenvalue weighted by molar-refractivity contribution is 5.76. The van der Waals surface area contributed by atoms with Crippen LogP contribution in [0.5, 0.6) is 0 Å². The Hall–Kier alpha value is -2.18.